The summed E-state index contributed by atoms with van der Waals surface area (Å²) < 4.78 is 5.05. The second-order valence-electron chi connectivity index (χ2n) is 4.00. The molecule has 1 aromatic rings. The number of aliphatic imine (C=N–C) groups is 1. The zero-order valence-corrected chi connectivity index (χ0v) is 13.9. The summed E-state index contributed by atoms with van der Waals surface area (Å²) in [6.45, 7) is 2.52. The first-order valence-electron chi connectivity index (χ1n) is 5.59. The molecule has 0 radical (unpaired) electrons. The molecule has 0 spiro atoms. The number of rotatable bonds is 4. The Morgan fingerprint density at radius 2 is 2.16 bits per heavy atom. The first kappa shape index (κ1) is 17.7. The normalized spacial score (nSPS) is 10.6. The second kappa shape index (κ2) is 8.73. The van der Waals surface area contributed by atoms with Gasteiger partial charge in [-0.2, -0.15) is 0 Å². The highest BCUT2D eigenvalue weighted by molar-refractivity contribution is 14.0. The summed E-state index contributed by atoms with van der Waals surface area (Å²) in [6, 6.07) is 1.84. The fraction of sp³-hybridized carbons (Fsp3) is 0.545. The maximum Gasteiger partial charge on any atom is 0.241 e. The van der Waals surface area contributed by atoms with Crippen LogP contribution < -0.4 is 10.6 Å². The molecule has 0 atom stereocenters. The number of likely N-dealkylation sites (N-methyl/N-ethyl adjacent to an activating group) is 1. The molecule has 0 aliphatic heterocycles. The van der Waals surface area contributed by atoms with Crippen LogP contribution in [-0.4, -0.2) is 49.6 Å². The predicted molar refractivity (Wildman–Crippen MR) is 83.6 cm³/mol. The monoisotopic (exact) mass is 381 g/mol. The van der Waals surface area contributed by atoms with E-state index < -0.39 is 0 Å². The molecule has 0 saturated heterocycles. The van der Waals surface area contributed by atoms with Gasteiger partial charge in [0.15, 0.2) is 11.7 Å². The number of amides is 1. The predicted octanol–water partition coefficient (Wildman–Crippen LogP) is 0.354. The molecule has 19 heavy (non-hydrogen) atoms. The maximum absolute atomic E-state index is 11.4. The van der Waals surface area contributed by atoms with Crippen LogP contribution in [0, 0.1) is 6.92 Å². The largest absolute Gasteiger partial charge is 0.359 e. The number of aryl methyl sites for hydroxylation is 1. The van der Waals surface area contributed by atoms with Crippen LogP contribution in [0.1, 0.15) is 11.5 Å². The molecule has 1 rings (SSSR count). The van der Waals surface area contributed by atoms with E-state index in [1.165, 1.54) is 4.90 Å². The molecule has 0 aliphatic carbocycles. The van der Waals surface area contributed by atoms with Crippen molar-refractivity contribution in [1.82, 2.24) is 20.7 Å². The van der Waals surface area contributed by atoms with E-state index in [9.17, 15) is 4.79 Å². The van der Waals surface area contributed by atoms with E-state index in [1.807, 2.05) is 13.0 Å². The van der Waals surface area contributed by atoms with E-state index >= 15 is 0 Å². The van der Waals surface area contributed by atoms with Crippen molar-refractivity contribution in [2.45, 2.75) is 13.5 Å². The summed E-state index contributed by atoms with van der Waals surface area (Å²) in [5.41, 5.74) is 0.831. The summed E-state index contributed by atoms with van der Waals surface area (Å²) in [5.74, 6) is 1.24. The van der Waals surface area contributed by atoms with Crippen molar-refractivity contribution in [3.8, 4) is 0 Å². The smallest absolute Gasteiger partial charge is 0.241 e. The third-order valence-corrected chi connectivity index (χ3v) is 2.24. The van der Waals surface area contributed by atoms with Crippen molar-refractivity contribution in [1.29, 1.82) is 0 Å². The first-order chi connectivity index (χ1) is 8.52. The van der Waals surface area contributed by atoms with Gasteiger partial charge in [0.05, 0.1) is 18.8 Å². The average molecular weight is 381 g/mol. The van der Waals surface area contributed by atoms with Crippen molar-refractivity contribution in [3.63, 3.8) is 0 Å². The van der Waals surface area contributed by atoms with Crippen LogP contribution in [0.2, 0.25) is 0 Å². The SMILES string of the molecule is CN=C(NCC(=O)N(C)C)NCc1cc(C)no1.I. The van der Waals surface area contributed by atoms with Gasteiger partial charge in [-0.3, -0.25) is 9.79 Å². The van der Waals surface area contributed by atoms with Gasteiger partial charge < -0.3 is 20.1 Å². The number of halogens is 1. The van der Waals surface area contributed by atoms with Gasteiger partial charge in [0.25, 0.3) is 0 Å². The van der Waals surface area contributed by atoms with Crippen molar-refractivity contribution >= 4 is 35.8 Å². The number of carbonyl (C=O) groups excluding carboxylic acids is 1. The molecule has 1 amide bonds. The minimum absolute atomic E-state index is 0. The van der Waals surface area contributed by atoms with Gasteiger partial charge in [-0.25, -0.2) is 0 Å². The highest BCUT2D eigenvalue weighted by Gasteiger charge is 2.06. The van der Waals surface area contributed by atoms with Crippen molar-refractivity contribution in [3.05, 3.63) is 17.5 Å². The summed E-state index contributed by atoms with van der Waals surface area (Å²) in [5, 5.41) is 9.72. The molecule has 108 valence electrons. The van der Waals surface area contributed by atoms with Crippen LogP contribution in [0.4, 0.5) is 0 Å². The van der Waals surface area contributed by atoms with Gasteiger partial charge in [0.2, 0.25) is 5.91 Å². The van der Waals surface area contributed by atoms with E-state index in [0.717, 1.165) is 11.5 Å². The Morgan fingerprint density at radius 1 is 1.47 bits per heavy atom. The lowest BCUT2D eigenvalue weighted by Crippen LogP contribution is -2.42. The maximum atomic E-state index is 11.4. The quantitative estimate of drug-likeness (QED) is 0.447. The van der Waals surface area contributed by atoms with E-state index in [2.05, 4.69) is 20.8 Å². The number of carbonyl (C=O) groups is 1. The van der Waals surface area contributed by atoms with Gasteiger partial charge in [0.1, 0.15) is 0 Å². The van der Waals surface area contributed by atoms with E-state index in [4.69, 9.17) is 4.52 Å². The van der Waals surface area contributed by atoms with Crippen LogP contribution in [-0.2, 0) is 11.3 Å². The van der Waals surface area contributed by atoms with Crippen molar-refractivity contribution in [2.24, 2.45) is 4.99 Å². The number of aromatic nitrogens is 1. The Balaban J connectivity index is 0.00000324. The van der Waals surface area contributed by atoms with Gasteiger partial charge in [-0.1, -0.05) is 5.16 Å². The summed E-state index contributed by atoms with van der Waals surface area (Å²) >= 11 is 0. The molecule has 7 nitrogen and oxygen atoms in total. The molecule has 0 unspecified atom stereocenters. The fourth-order valence-electron chi connectivity index (χ4n) is 1.21. The lowest BCUT2D eigenvalue weighted by molar-refractivity contribution is -0.127. The minimum atomic E-state index is -0.0199. The lowest BCUT2D eigenvalue weighted by Gasteiger charge is -2.13. The molecule has 0 bridgehead atoms. The average Bonchev–Trinajstić information content (AvgIpc) is 2.74. The summed E-state index contributed by atoms with van der Waals surface area (Å²) in [7, 11) is 5.05. The molecule has 1 heterocycles. The van der Waals surface area contributed by atoms with Gasteiger partial charge in [0, 0.05) is 27.2 Å². The van der Waals surface area contributed by atoms with E-state index in [0.29, 0.717) is 12.5 Å². The molecule has 0 aromatic carbocycles. The number of nitrogens with zero attached hydrogens (tertiary/aromatic N) is 3. The molecular weight excluding hydrogens is 361 g/mol. The van der Waals surface area contributed by atoms with Crippen molar-refractivity contribution in [2.75, 3.05) is 27.7 Å². The van der Waals surface area contributed by atoms with E-state index in [-0.39, 0.29) is 36.4 Å². The standard InChI is InChI=1S/C11H19N5O2.HI/c1-8-5-9(18-15-8)6-13-11(12-2)14-7-10(17)16(3)4;/h5H,6-7H2,1-4H3,(H2,12,13,14);1H. The zero-order chi connectivity index (χ0) is 13.5. The minimum Gasteiger partial charge on any atom is -0.359 e. The molecule has 8 heteroatoms. The first-order valence-corrected chi connectivity index (χ1v) is 5.59. The van der Waals surface area contributed by atoms with Crippen LogP contribution in [0.5, 0.6) is 0 Å². The fourth-order valence-corrected chi connectivity index (χ4v) is 1.21. The Labute approximate surface area is 129 Å². The topological polar surface area (TPSA) is 82.8 Å². The Bertz CT molecular complexity index is 430. The number of hydrogen-bond acceptors (Lipinski definition) is 4. The lowest BCUT2D eigenvalue weighted by atomic mass is 10.4. The van der Waals surface area contributed by atoms with Crippen LogP contribution in [0.3, 0.4) is 0 Å². The Hall–Kier alpha value is -1.32. The third kappa shape index (κ3) is 6.41. The molecule has 2 N–H and O–H groups in total. The Kier molecular flexibility index (Phi) is 8.12. The molecule has 0 aliphatic rings. The van der Waals surface area contributed by atoms with Gasteiger partial charge >= 0.3 is 0 Å². The Morgan fingerprint density at radius 3 is 2.63 bits per heavy atom. The highest BCUT2D eigenvalue weighted by atomic mass is 127. The third-order valence-electron chi connectivity index (χ3n) is 2.24. The summed E-state index contributed by atoms with van der Waals surface area (Å²) in [6.07, 6.45) is 0. The van der Waals surface area contributed by atoms with Crippen LogP contribution in [0.25, 0.3) is 0 Å². The zero-order valence-electron chi connectivity index (χ0n) is 11.6. The second-order valence-corrected chi connectivity index (χ2v) is 4.00. The molecule has 0 saturated carbocycles. The van der Waals surface area contributed by atoms with Gasteiger partial charge in [-0.15, -0.1) is 24.0 Å². The summed E-state index contributed by atoms with van der Waals surface area (Å²) in [4.78, 5) is 16.9. The number of hydrogen-bond donors (Lipinski definition) is 2. The van der Waals surface area contributed by atoms with Crippen LogP contribution >= 0.6 is 24.0 Å². The molecular formula is C11H20IN5O2. The van der Waals surface area contributed by atoms with Gasteiger partial charge in [-0.05, 0) is 6.92 Å². The highest BCUT2D eigenvalue weighted by Crippen LogP contribution is 2.00. The van der Waals surface area contributed by atoms with Crippen molar-refractivity contribution < 1.29 is 9.32 Å². The van der Waals surface area contributed by atoms with Crippen LogP contribution in [0.15, 0.2) is 15.6 Å². The number of nitrogens with one attached hydrogen (secondary N) is 2. The molecule has 1 aromatic heterocycles. The number of guanidine groups is 1. The van der Waals surface area contributed by atoms with E-state index in [1.54, 1.807) is 21.1 Å². The molecule has 0 fully saturated rings.